The van der Waals surface area contributed by atoms with E-state index in [-0.39, 0.29) is 0 Å². The van der Waals surface area contributed by atoms with Crippen molar-refractivity contribution in [3.05, 3.63) is 29.3 Å². The highest BCUT2D eigenvalue weighted by Crippen LogP contribution is 2.26. The van der Waals surface area contributed by atoms with E-state index in [2.05, 4.69) is 45.8 Å². The summed E-state index contributed by atoms with van der Waals surface area (Å²) in [6.45, 7) is 4.79. The van der Waals surface area contributed by atoms with Gasteiger partial charge in [0.2, 0.25) is 0 Å². The van der Waals surface area contributed by atoms with E-state index in [1.54, 1.807) is 14.2 Å². The molecule has 0 saturated heterocycles. The minimum atomic E-state index is 0.646. The van der Waals surface area contributed by atoms with Gasteiger partial charge in [0.1, 0.15) is 0 Å². The highest BCUT2D eigenvalue weighted by molar-refractivity contribution is 5.79. The Balaban J connectivity index is 1.70. The van der Waals surface area contributed by atoms with Crippen LogP contribution in [-0.4, -0.2) is 60.1 Å². The van der Waals surface area contributed by atoms with E-state index in [1.807, 2.05) is 0 Å². The van der Waals surface area contributed by atoms with Crippen LogP contribution in [0.3, 0.4) is 0 Å². The zero-order valence-electron chi connectivity index (χ0n) is 15.8. The fourth-order valence-corrected chi connectivity index (χ4v) is 2.98. The van der Waals surface area contributed by atoms with Crippen LogP contribution in [0.2, 0.25) is 0 Å². The Morgan fingerprint density at radius 3 is 2.92 bits per heavy atom. The van der Waals surface area contributed by atoms with Gasteiger partial charge in [-0.05, 0) is 36.5 Å². The van der Waals surface area contributed by atoms with Gasteiger partial charge in [-0.1, -0.05) is 12.1 Å². The normalized spacial score (nSPS) is 14.4. The van der Waals surface area contributed by atoms with Gasteiger partial charge in [-0.2, -0.15) is 0 Å². The smallest absolute Gasteiger partial charge is 0.191 e. The number of anilines is 1. The van der Waals surface area contributed by atoms with Crippen LogP contribution >= 0.6 is 0 Å². The molecule has 0 spiro atoms. The van der Waals surface area contributed by atoms with Gasteiger partial charge < -0.3 is 25.0 Å². The topological polar surface area (TPSA) is 58.1 Å². The minimum Gasteiger partial charge on any atom is -0.382 e. The van der Waals surface area contributed by atoms with Crippen molar-refractivity contribution in [2.45, 2.75) is 25.8 Å². The fraction of sp³-hybridized carbons (Fsp3) is 0.632. The average Bonchev–Trinajstić information content (AvgIpc) is 2.63. The average molecular weight is 348 g/mol. The molecule has 0 atom stereocenters. The van der Waals surface area contributed by atoms with Gasteiger partial charge >= 0.3 is 0 Å². The van der Waals surface area contributed by atoms with E-state index in [9.17, 15) is 0 Å². The van der Waals surface area contributed by atoms with Gasteiger partial charge in [0.15, 0.2) is 5.96 Å². The molecule has 2 rings (SSSR count). The maximum absolute atomic E-state index is 5.45. The van der Waals surface area contributed by atoms with Crippen molar-refractivity contribution in [2.24, 2.45) is 4.99 Å². The molecular formula is C19H32N4O2. The molecular weight excluding hydrogens is 316 g/mol. The second-order valence-corrected chi connectivity index (χ2v) is 6.30. The summed E-state index contributed by atoms with van der Waals surface area (Å²) in [6, 6.07) is 6.75. The van der Waals surface area contributed by atoms with E-state index < -0.39 is 0 Å². The molecule has 2 N–H and O–H groups in total. The Hall–Kier alpha value is -1.79. The molecule has 140 valence electrons. The van der Waals surface area contributed by atoms with Gasteiger partial charge in [-0.25, -0.2) is 0 Å². The fourth-order valence-electron chi connectivity index (χ4n) is 2.98. The lowest BCUT2D eigenvalue weighted by atomic mass is 9.99. The maximum atomic E-state index is 5.45. The Bertz CT molecular complexity index is 548. The molecule has 0 amide bonds. The van der Waals surface area contributed by atoms with Crippen LogP contribution in [-0.2, 0) is 22.4 Å². The molecule has 6 heteroatoms. The van der Waals surface area contributed by atoms with Crippen LogP contribution in [0.4, 0.5) is 5.69 Å². The molecule has 0 saturated carbocycles. The van der Waals surface area contributed by atoms with Gasteiger partial charge in [-0.3, -0.25) is 4.99 Å². The monoisotopic (exact) mass is 348 g/mol. The first kappa shape index (κ1) is 19.5. The number of aliphatic imine (C=N–C) groups is 1. The summed E-state index contributed by atoms with van der Waals surface area (Å²) >= 11 is 0. The van der Waals surface area contributed by atoms with E-state index in [0.717, 1.165) is 38.6 Å². The lowest BCUT2D eigenvalue weighted by Crippen LogP contribution is -2.37. The number of nitrogens with zero attached hydrogens (tertiary/aromatic N) is 2. The summed E-state index contributed by atoms with van der Waals surface area (Å²) < 4.78 is 10.4. The van der Waals surface area contributed by atoms with Crippen molar-refractivity contribution in [3.63, 3.8) is 0 Å². The van der Waals surface area contributed by atoms with E-state index in [4.69, 9.17) is 9.47 Å². The number of hydrogen-bond donors (Lipinski definition) is 2. The van der Waals surface area contributed by atoms with Crippen molar-refractivity contribution >= 4 is 11.6 Å². The molecule has 0 radical (unpaired) electrons. The highest BCUT2D eigenvalue weighted by Gasteiger charge is 2.13. The molecule has 0 aromatic heterocycles. The molecule has 0 aliphatic carbocycles. The largest absolute Gasteiger partial charge is 0.382 e. The molecule has 1 aliphatic heterocycles. The molecule has 0 unspecified atom stereocenters. The predicted octanol–water partition coefficient (Wildman–Crippen LogP) is 1.79. The minimum absolute atomic E-state index is 0.646. The summed E-state index contributed by atoms with van der Waals surface area (Å²) in [5, 5.41) is 6.70. The molecule has 0 bridgehead atoms. The number of guanidine groups is 1. The van der Waals surface area contributed by atoms with Crippen LogP contribution < -0.4 is 15.5 Å². The SMILES string of the molecule is CN=C(NCCCOCCOC)NCc1ccc2c(c1)CCCN2C. The van der Waals surface area contributed by atoms with Gasteiger partial charge in [-0.15, -0.1) is 0 Å². The van der Waals surface area contributed by atoms with Gasteiger partial charge in [0, 0.05) is 53.1 Å². The predicted molar refractivity (Wildman–Crippen MR) is 104 cm³/mol. The van der Waals surface area contributed by atoms with E-state index in [0.29, 0.717) is 13.2 Å². The Labute approximate surface area is 151 Å². The maximum Gasteiger partial charge on any atom is 0.191 e. The molecule has 0 fully saturated rings. The van der Waals surface area contributed by atoms with E-state index >= 15 is 0 Å². The lowest BCUT2D eigenvalue weighted by molar-refractivity contribution is 0.0698. The first-order chi connectivity index (χ1) is 12.2. The van der Waals surface area contributed by atoms with Crippen LogP contribution in [0.25, 0.3) is 0 Å². The zero-order valence-corrected chi connectivity index (χ0v) is 15.8. The number of benzene rings is 1. The van der Waals surface area contributed by atoms with Gasteiger partial charge in [0.25, 0.3) is 0 Å². The van der Waals surface area contributed by atoms with Crippen molar-refractivity contribution in [3.8, 4) is 0 Å². The summed E-state index contributed by atoms with van der Waals surface area (Å²) in [5.41, 5.74) is 4.11. The summed E-state index contributed by atoms with van der Waals surface area (Å²) in [6.07, 6.45) is 3.34. The Morgan fingerprint density at radius 1 is 1.24 bits per heavy atom. The van der Waals surface area contributed by atoms with Gasteiger partial charge in [0.05, 0.1) is 13.2 Å². The number of methoxy groups -OCH3 is 1. The second-order valence-electron chi connectivity index (χ2n) is 6.30. The molecule has 1 heterocycles. The number of nitrogens with one attached hydrogen (secondary N) is 2. The third kappa shape index (κ3) is 6.55. The molecule has 1 aromatic carbocycles. The third-order valence-electron chi connectivity index (χ3n) is 4.37. The summed E-state index contributed by atoms with van der Waals surface area (Å²) in [4.78, 5) is 6.61. The first-order valence-electron chi connectivity index (χ1n) is 9.08. The highest BCUT2D eigenvalue weighted by atomic mass is 16.5. The lowest BCUT2D eigenvalue weighted by Gasteiger charge is -2.28. The van der Waals surface area contributed by atoms with Crippen molar-refractivity contribution < 1.29 is 9.47 Å². The number of ether oxygens (including phenoxy) is 2. The number of rotatable bonds is 9. The van der Waals surface area contributed by atoms with Crippen molar-refractivity contribution in [1.29, 1.82) is 0 Å². The number of aryl methyl sites for hydroxylation is 1. The summed E-state index contributed by atoms with van der Waals surface area (Å²) in [7, 11) is 5.65. The standard InChI is InChI=1S/C19H32N4O2/c1-20-19(21-9-5-11-25-13-12-24-3)22-15-16-7-8-18-17(14-16)6-4-10-23(18)2/h7-8,14H,4-6,9-13,15H2,1-3H3,(H2,20,21,22). The number of hydrogen-bond acceptors (Lipinski definition) is 4. The first-order valence-corrected chi connectivity index (χ1v) is 9.08. The van der Waals surface area contributed by atoms with Crippen LogP contribution in [0.1, 0.15) is 24.0 Å². The number of fused-ring (bicyclic) bond motifs is 1. The zero-order chi connectivity index (χ0) is 17.9. The molecule has 25 heavy (non-hydrogen) atoms. The van der Waals surface area contributed by atoms with E-state index in [1.165, 1.54) is 29.7 Å². The molecule has 1 aromatic rings. The van der Waals surface area contributed by atoms with Crippen molar-refractivity contribution in [2.75, 3.05) is 59.0 Å². The van der Waals surface area contributed by atoms with Crippen molar-refractivity contribution in [1.82, 2.24) is 10.6 Å². The Kier molecular flexibility index (Phi) is 8.55. The van der Waals surface area contributed by atoms with Crippen LogP contribution in [0, 0.1) is 0 Å². The quantitative estimate of drug-likeness (QED) is 0.405. The summed E-state index contributed by atoms with van der Waals surface area (Å²) in [5.74, 6) is 0.826. The Morgan fingerprint density at radius 2 is 2.12 bits per heavy atom. The van der Waals surface area contributed by atoms with Crippen LogP contribution in [0.5, 0.6) is 0 Å². The van der Waals surface area contributed by atoms with Crippen LogP contribution in [0.15, 0.2) is 23.2 Å². The molecule has 6 nitrogen and oxygen atoms in total. The molecule has 1 aliphatic rings. The third-order valence-corrected chi connectivity index (χ3v) is 4.37. The second kappa shape index (κ2) is 10.9.